The van der Waals surface area contributed by atoms with Crippen molar-refractivity contribution in [1.29, 1.82) is 0 Å². The SMILES string of the molecule is CS(=O)(=O)c1nc(-c2ccc(Cl)cc2Cl)c(-c2ccc(Cl)cc2)c(=O)[nH]1. The van der Waals surface area contributed by atoms with E-state index in [0.717, 1.165) is 6.26 Å². The number of nitrogens with one attached hydrogen (secondary N) is 1. The highest BCUT2D eigenvalue weighted by molar-refractivity contribution is 7.90. The lowest BCUT2D eigenvalue weighted by molar-refractivity contribution is 0.592. The predicted molar refractivity (Wildman–Crippen MR) is 104 cm³/mol. The minimum absolute atomic E-state index is 0.137. The van der Waals surface area contributed by atoms with Gasteiger partial charge in [0.2, 0.25) is 15.0 Å². The Balaban J connectivity index is 2.40. The number of H-pyrrole nitrogens is 1. The summed E-state index contributed by atoms with van der Waals surface area (Å²) in [6, 6.07) is 11.2. The second-order valence-electron chi connectivity index (χ2n) is 5.50. The summed E-state index contributed by atoms with van der Waals surface area (Å²) >= 11 is 18.1. The van der Waals surface area contributed by atoms with Gasteiger partial charge in [-0.05, 0) is 35.9 Å². The van der Waals surface area contributed by atoms with Crippen molar-refractivity contribution in [2.24, 2.45) is 0 Å². The van der Waals surface area contributed by atoms with E-state index < -0.39 is 20.6 Å². The number of hydrogen-bond acceptors (Lipinski definition) is 4. The first-order valence-corrected chi connectivity index (χ1v) is 10.2. The summed E-state index contributed by atoms with van der Waals surface area (Å²) in [4.78, 5) is 19.2. The van der Waals surface area contributed by atoms with E-state index in [1.807, 2.05) is 0 Å². The van der Waals surface area contributed by atoms with Crippen molar-refractivity contribution in [1.82, 2.24) is 9.97 Å². The number of rotatable bonds is 3. The maximum Gasteiger partial charge on any atom is 0.260 e. The zero-order valence-electron chi connectivity index (χ0n) is 13.3. The predicted octanol–water partition coefficient (Wildman–Crippen LogP) is 4.47. The number of benzene rings is 2. The Kier molecular flexibility index (Phi) is 5.12. The summed E-state index contributed by atoms with van der Waals surface area (Å²) < 4.78 is 23.8. The number of hydrogen-bond donors (Lipinski definition) is 1. The smallest absolute Gasteiger partial charge is 0.260 e. The second kappa shape index (κ2) is 7.04. The largest absolute Gasteiger partial charge is 0.297 e. The quantitative estimate of drug-likeness (QED) is 0.623. The lowest BCUT2D eigenvalue weighted by atomic mass is 10.0. The van der Waals surface area contributed by atoms with E-state index in [-0.39, 0.29) is 16.3 Å². The molecule has 0 spiro atoms. The number of aromatic amines is 1. The van der Waals surface area contributed by atoms with Crippen molar-refractivity contribution in [3.8, 4) is 22.4 Å². The Bertz CT molecular complexity index is 1160. The van der Waals surface area contributed by atoms with Gasteiger partial charge in [-0.25, -0.2) is 13.4 Å². The van der Waals surface area contributed by atoms with Gasteiger partial charge < -0.3 is 0 Å². The molecule has 0 atom stereocenters. The Hall–Kier alpha value is -1.86. The number of sulfone groups is 1. The molecule has 0 aliphatic rings. The normalized spacial score (nSPS) is 11.5. The molecule has 1 heterocycles. The summed E-state index contributed by atoms with van der Waals surface area (Å²) in [6.45, 7) is 0. The van der Waals surface area contributed by atoms with Crippen LogP contribution in [0.4, 0.5) is 0 Å². The Morgan fingerprint density at radius 3 is 2.15 bits per heavy atom. The molecular weight excluding hydrogens is 419 g/mol. The third-order valence-electron chi connectivity index (χ3n) is 3.57. The Morgan fingerprint density at radius 1 is 0.962 bits per heavy atom. The van der Waals surface area contributed by atoms with Gasteiger partial charge in [0, 0.05) is 21.9 Å². The molecule has 0 radical (unpaired) electrons. The van der Waals surface area contributed by atoms with Crippen molar-refractivity contribution in [2.75, 3.05) is 6.26 Å². The third-order valence-corrected chi connectivity index (χ3v) is 5.26. The first-order chi connectivity index (χ1) is 12.2. The van der Waals surface area contributed by atoms with Gasteiger partial charge >= 0.3 is 0 Å². The highest BCUT2D eigenvalue weighted by Gasteiger charge is 2.21. The molecule has 2 aromatic carbocycles. The van der Waals surface area contributed by atoms with Crippen LogP contribution in [-0.4, -0.2) is 24.6 Å². The highest BCUT2D eigenvalue weighted by Crippen LogP contribution is 2.34. The molecule has 0 saturated carbocycles. The molecule has 1 N–H and O–H groups in total. The van der Waals surface area contributed by atoms with Gasteiger partial charge in [0.25, 0.3) is 5.56 Å². The molecule has 0 aliphatic heterocycles. The minimum atomic E-state index is -3.74. The van der Waals surface area contributed by atoms with Crippen molar-refractivity contribution in [2.45, 2.75) is 5.16 Å². The molecule has 134 valence electrons. The average Bonchev–Trinajstić information content (AvgIpc) is 2.54. The summed E-state index contributed by atoms with van der Waals surface area (Å²) in [5, 5.41) is 0.698. The maximum absolute atomic E-state index is 12.7. The zero-order valence-corrected chi connectivity index (χ0v) is 16.3. The molecule has 5 nitrogen and oxygen atoms in total. The van der Waals surface area contributed by atoms with Crippen LogP contribution < -0.4 is 5.56 Å². The summed E-state index contributed by atoms with van der Waals surface area (Å²) in [6.07, 6.45) is 0.959. The van der Waals surface area contributed by atoms with Crippen molar-refractivity contribution >= 4 is 44.6 Å². The van der Waals surface area contributed by atoms with Gasteiger partial charge in [0.05, 0.1) is 16.3 Å². The zero-order chi connectivity index (χ0) is 19.1. The molecule has 0 bridgehead atoms. The molecule has 3 rings (SSSR count). The Labute approximate surface area is 164 Å². The van der Waals surface area contributed by atoms with Gasteiger partial charge in [0.15, 0.2) is 0 Å². The lowest BCUT2D eigenvalue weighted by Gasteiger charge is -2.12. The fraction of sp³-hybridized carbons (Fsp3) is 0.0588. The van der Waals surface area contributed by atoms with Gasteiger partial charge in [-0.2, -0.15) is 0 Å². The summed E-state index contributed by atoms with van der Waals surface area (Å²) in [5.41, 5.74) is 0.612. The van der Waals surface area contributed by atoms with E-state index in [1.54, 1.807) is 36.4 Å². The van der Waals surface area contributed by atoms with Crippen molar-refractivity contribution in [3.63, 3.8) is 0 Å². The molecule has 0 amide bonds. The van der Waals surface area contributed by atoms with Gasteiger partial charge in [-0.15, -0.1) is 0 Å². The molecule has 0 saturated heterocycles. The molecule has 26 heavy (non-hydrogen) atoms. The fourth-order valence-electron chi connectivity index (χ4n) is 2.39. The van der Waals surface area contributed by atoms with Gasteiger partial charge in [0.1, 0.15) is 0 Å². The highest BCUT2D eigenvalue weighted by atomic mass is 35.5. The molecule has 0 aliphatic carbocycles. The first-order valence-electron chi connectivity index (χ1n) is 7.22. The molecule has 0 fully saturated rings. The van der Waals surface area contributed by atoms with E-state index in [9.17, 15) is 13.2 Å². The van der Waals surface area contributed by atoms with E-state index >= 15 is 0 Å². The van der Waals surface area contributed by atoms with Crippen LogP contribution in [0.5, 0.6) is 0 Å². The summed E-state index contributed by atoms with van der Waals surface area (Å²) in [7, 11) is -3.74. The molecule has 3 aromatic rings. The third kappa shape index (κ3) is 3.78. The van der Waals surface area contributed by atoms with Crippen LogP contribution in [0.2, 0.25) is 15.1 Å². The van der Waals surface area contributed by atoms with Gasteiger partial charge in [-0.3, -0.25) is 9.78 Å². The average molecular weight is 430 g/mol. The van der Waals surface area contributed by atoms with Crippen LogP contribution in [0.25, 0.3) is 22.4 Å². The van der Waals surface area contributed by atoms with Crippen LogP contribution in [0.15, 0.2) is 52.4 Å². The number of aromatic nitrogens is 2. The number of halogens is 3. The van der Waals surface area contributed by atoms with E-state index in [2.05, 4.69) is 9.97 Å². The van der Waals surface area contributed by atoms with E-state index in [1.165, 1.54) is 6.07 Å². The maximum atomic E-state index is 12.7. The Morgan fingerprint density at radius 2 is 1.58 bits per heavy atom. The van der Waals surface area contributed by atoms with Crippen LogP contribution >= 0.6 is 34.8 Å². The van der Waals surface area contributed by atoms with Gasteiger partial charge in [-0.1, -0.05) is 46.9 Å². The first kappa shape index (κ1) is 18.9. The fourth-order valence-corrected chi connectivity index (χ4v) is 3.55. The standard InChI is InChI=1S/C17H11Cl3N2O3S/c1-26(24,25)17-21-15(12-7-6-11(19)8-13(12)20)14(16(23)22-17)9-2-4-10(18)5-3-9/h2-8H,1H3,(H,21,22,23). The summed E-state index contributed by atoms with van der Waals surface area (Å²) in [5.74, 6) is 0. The number of nitrogens with zero attached hydrogens (tertiary/aromatic N) is 1. The molecule has 9 heteroatoms. The minimum Gasteiger partial charge on any atom is -0.297 e. The van der Waals surface area contributed by atoms with Crippen LogP contribution in [0, 0.1) is 0 Å². The van der Waals surface area contributed by atoms with Crippen LogP contribution in [0.1, 0.15) is 0 Å². The monoisotopic (exact) mass is 428 g/mol. The molecule has 1 aromatic heterocycles. The topological polar surface area (TPSA) is 79.9 Å². The van der Waals surface area contributed by atoms with Crippen molar-refractivity contribution in [3.05, 3.63) is 67.9 Å². The van der Waals surface area contributed by atoms with Crippen LogP contribution in [-0.2, 0) is 9.84 Å². The van der Waals surface area contributed by atoms with Crippen molar-refractivity contribution < 1.29 is 8.42 Å². The van der Waals surface area contributed by atoms with E-state index in [0.29, 0.717) is 21.2 Å². The molecule has 0 unspecified atom stereocenters. The van der Waals surface area contributed by atoms with Crippen LogP contribution in [0.3, 0.4) is 0 Å². The lowest BCUT2D eigenvalue weighted by Crippen LogP contribution is -2.18. The second-order valence-corrected chi connectivity index (χ2v) is 8.71. The molecular formula is C17H11Cl3N2O3S. The van der Waals surface area contributed by atoms with E-state index in [4.69, 9.17) is 34.8 Å².